The van der Waals surface area contributed by atoms with Crippen LogP contribution in [0.15, 0.2) is 23.3 Å². The molecular formula is C15H20Cl2N4O. The molecule has 120 valence electrons. The Kier molecular flexibility index (Phi) is 6.96. The average molecular weight is 343 g/mol. The van der Waals surface area contributed by atoms with Gasteiger partial charge in [0.1, 0.15) is 5.84 Å². The Bertz CT molecular complexity index is 521. The molecule has 3 rings (SSSR count). The van der Waals surface area contributed by atoms with E-state index in [1.165, 1.54) is 32.4 Å². The van der Waals surface area contributed by atoms with Crippen molar-refractivity contribution < 1.29 is 4.79 Å². The van der Waals surface area contributed by atoms with E-state index in [0.717, 1.165) is 5.69 Å². The molecule has 2 aliphatic rings. The van der Waals surface area contributed by atoms with E-state index in [2.05, 4.69) is 15.7 Å². The minimum absolute atomic E-state index is 0.492. The van der Waals surface area contributed by atoms with Crippen molar-refractivity contribution in [3.05, 3.63) is 28.2 Å². The highest BCUT2D eigenvalue weighted by Crippen LogP contribution is 2.28. The van der Waals surface area contributed by atoms with Crippen LogP contribution >= 0.6 is 23.2 Å². The van der Waals surface area contributed by atoms with Gasteiger partial charge in [-0.25, -0.2) is 0 Å². The molecule has 0 spiro atoms. The molecule has 22 heavy (non-hydrogen) atoms. The summed E-state index contributed by atoms with van der Waals surface area (Å²) in [6, 6.07) is 5.30. The van der Waals surface area contributed by atoms with Crippen molar-refractivity contribution in [2.45, 2.75) is 25.7 Å². The van der Waals surface area contributed by atoms with Crippen LogP contribution in [0.2, 0.25) is 10.0 Å². The van der Waals surface area contributed by atoms with E-state index >= 15 is 0 Å². The summed E-state index contributed by atoms with van der Waals surface area (Å²) in [5, 5.41) is 12.8. The lowest BCUT2D eigenvalue weighted by molar-refractivity contribution is -0.108. The third kappa shape index (κ3) is 5.16. The molecule has 2 heterocycles. The largest absolute Gasteiger partial charge is 0.317 e. The number of carbonyl (C=O) groups excluding carboxylic acids is 1. The Balaban J connectivity index is 0.000000246. The van der Waals surface area contributed by atoms with Gasteiger partial charge in [0, 0.05) is 13.0 Å². The zero-order chi connectivity index (χ0) is 15.8. The molecule has 0 unspecified atom stereocenters. The Morgan fingerprint density at radius 1 is 1.18 bits per heavy atom. The minimum atomic E-state index is 0.492. The molecule has 0 radical (unpaired) electrons. The van der Waals surface area contributed by atoms with E-state index in [-0.39, 0.29) is 0 Å². The maximum Gasteiger partial charge on any atom is 0.212 e. The first kappa shape index (κ1) is 17.1. The quantitative estimate of drug-likeness (QED) is 0.812. The van der Waals surface area contributed by atoms with E-state index in [4.69, 9.17) is 23.2 Å². The number of halogens is 2. The maximum absolute atomic E-state index is 10.3. The highest BCUT2D eigenvalue weighted by Gasteiger charge is 2.16. The molecule has 1 amide bonds. The van der Waals surface area contributed by atoms with E-state index in [1.54, 1.807) is 17.1 Å². The Labute approximate surface area is 140 Å². The van der Waals surface area contributed by atoms with Crippen molar-refractivity contribution in [2.75, 3.05) is 24.6 Å². The van der Waals surface area contributed by atoms with Crippen molar-refractivity contribution in [1.29, 1.82) is 0 Å². The number of amidine groups is 1. The van der Waals surface area contributed by atoms with E-state index in [1.807, 2.05) is 6.07 Å². The predicted octanol–water partition coefficient (Wildman–Crippen LogP) is 3.02. The smallest absolute Gasteiger partial charge is 0.212 e. The van der Waals surface area contributed by atoms with E-state index < -0.39 is 0 Å². The van der Waals surface area contributed by atoms with Gasteiger partial charge in [-0.15, -0.1) is 0 Å². The summed E-state index contributed by atoms with van der Waals surface area (Å²) in [6.45, 7) is 3.22. The van der Waals surface area contributed by atoms with Crippen LogP contribution in [-0.4, -0.2) is 31.9 Å². The second-order valence-electron chi connectivity index (χ2n) is 5.09. The Morgan fingerprint density at radius 2 is 1.95 bits per heavy atom. The minimum Gasteiger partial charge on any atom is -0.317 e. The number of rotatable bonds is 2. The van der Waals surface area contributed by atoms with Gasteiger partial charge in [0.2, 0.25) is 6.41 Å². The van der Waals surface area contributed by atoms with Gasteiger partial charge in [-0.1, -0.05) is 29.6 Å². The summed E-state index contributed by atoms with van der Waals surface area (Å²) in [5.41, 5.74) is 0.858. The van der Waals surface area contributed by atoms with Crippen LogP contribution in [0.5, 0.6) is 0 Å². The summed E-state index contributed by atoms with van der Waals surface area (Å²) >= 11 is 11.7. The first-order valence-electron chi connectivity index (χ1n) is 7.41. The molecule has 0 aliphatic carbocycles. The normalized spacial score (nSPS) is 17.4. The molecular weight excluding hydrogens is 323 g/mol. The summed E-state index contributed by atoms with van der Waals surface area (Å²) in [4.78, 5) is 10.3. The fourth-order valence-corrected chi connectivity index (χ4v) is 2.55. The Morgan fingerprint density at radius 3 is 2.50 bits per heavy atom. The number of hydrogen-bond acceptors (Lipinski definition) is 4. The molecule has 2 aliphatic heterocycles. The lowest BCUT2D eigenvalue weighted by Gasteiger charge is -2.13. The zero-order valence-electron chi connectivity index (χ0n) is 12.3. The van der Waals surface area contributed by atoms with Crippen molar-refractivity contribution in [2.24, 2.45) is 5.10 Å². The summed E-state index contributed by atoms with van der Waals surface area (Å²) in [7, 11) is 0. The molecule has 5 nitrogen and oxygen atoms in total. The third-order valence-electron chi connectivity index (χ3n) is 3.44. The van der Waals surface area contributed by atoms with Crippen LogP contribution in [0.1, 0.15) is 25.7 Å². The molecule has 7 heteroatoms. The standard InChI is InChI=1S/C10H9Cl2N3O.C5H11N/c11-8-2-1-7(5-9(8)12)15-4-3-10(14-15)13-6-16;1-2-4-6-5-3-1/h1-2,5-6H,3-4H2,(H,13,14,16);6H,1-5H2. The van der Waals surface area contributed by atoms with Gasteiger partial charge in [-0.2, -0.15) is 5.10 Å². The monoisotopic (exact) mass is 342 g/mol. The molecule has 1 aromatic rings. The molecule has 0 atom stereocenters. The molecule has 0 bridgehead atoms. The fraction of sp³-hybridized carbons (Fsp3) is 0.467. The number of amides is 1. The Hall–Kier alpha value is -1.30. The van der Waals surface area contributed by atoms with Gasteiger partial charge in [0.05, 0.1) is 15.7 Å². The summed E-state index contributed by atoms with van der Waals surface area (Å²) in [6.07, 6.45) is 5.54. The van der Waals surface area contributed by atoms with Gasteiger partial charge < -0.3 is 10.6 Å². The number of carbonyl (C=O) groups is 1. The molecule has 1 fully saturated rings. The van der Waals surface area contributed by atoms with Crippen LogP contribution < -0.4 is 15.6 Å². The van der Waals surface area contributed by atoms with Crippen molar-refractivity contribution in [3.63, 3.8) is 0 Å². The van der Waals surface area contributed by atoms with Gasteiger partial charge in [0.15, 0.2) is 0 Å². The first-order chi connectivity index (χ1) is 10.7. The third-order valence-corrected chi connectivity index (χ3v) is 4.17. The molecule has 0 saturated carbocycles. The predicted molar refractivity (Wildman–Crippen MR) is 91.8 cm³/mol. The summed E-state index contributed by atoms with van der Waals surface area (Å²) in [5.74, 6) is 0.654. The second kappa shape index (κ2) is 8.98. The highest BCUT2D eigenvalue weighted by molar-refractivity contribution is 6.42. The summed E-state index contributed by atoms with van der Waals surface area (Å²) < 4.78 is 0. The number of piperidine rings is 1. The van der Waals surface area contributed by atoms with Gasteiger partial charge in [-0.3, -0.25) is 9.80 Å². The van der Waals surface area contributed by atoms with Crippen LogP contribution in [0.4, 0.5) is 5.69 Å². The van der Waals surface area contributed by atoms with Crippen LogP contribution in [0.3, 0.4) is 0 Å². The first-order valence-corrected chi connectivity index (χ1v) is 8.17. The number of benzene rings is 1. The fourth-order valence-electron chi connectivity index (χ4n) is 2.26. The second-order valence-corrected chi connectivity index (χ2v) is 5.91. The molecule has 0 aromatic heterocycles. The van der Waals surface area contributed by atoms with Gasteiger partial charge in [-0.05, 0) is 44.1 Å². The number of hydrogen-bond donors (Lipinski definition) is 2. The van der Waals surface area contributed by atoms with Crippen LogP contribution in [0.25, 0.3) is 0 Å². The van der Waals surface area contributed by atoms with E-state index in [9.17, 15) is 4.79 Å². The van der Waals surface area contributed by atoms with Crippen molar-refractivity contribution in [3.8, 4) is 0 Å². The number of nitrogens with zero attached hydrogens (tertiary/aromatic N) is 2. The number of anilines is 1. The highest BCUT2D eigenvalue weighted by atomic mass is 35.5. The van der Waals surface area contributed by atoms with Crippen LogP contribution in [0, 0.1) is 0 Å². The lowest BCUT2D eigenvalue weighted by Crippen LogP contribution is -2.21. The number of hydrazone groups is 1. The molecule has 1 aromatic carbocycles. The topological polar surface area (TPSA) is 56.7 Å². The van der Waals surface area contributed by atoms with Crippen molar-refractivity contribution in [1.82, 2.24) is 10.6 Å². The van der Waals surface area contributed by atoms with Crippen molar-refractivity contribution >= 4 is 41.1 Å². The molecule has 2 N–H and O–H groups in total. The van der Waals surface area contributed by atoms with Gasteiger partial charge in [0.25, 0.3) is 0 Å². The lowest BCUT2D eigenvalue weighted by atomic mass is 10.2. The van der Waals surface area contributed by atoms with E-state index in [0.29, 0.717) is 35.3 Å². The van der Waals surface area contributed by atoms with Crippen LogP contribution in [-0.2, 0) is 4.79 Å². The maximum atomic E-state index is 10.3. The zero-order valence-corrected chi connectivity index (χ0v) is 13.8. The number of nitrogens with one attached hydrogen (secondary N) is 2. The molecule has 1 saturated heterocycles. The van der Waals surface area contributed by atoms with Gasteiger partial charge >= 0.3 is 0 Å². The average Bonchev–Trinajstić information content (AvgIpc) is 3.01. The SMILES string of the molecule is C1CCNCC1.O=CNC1=NN(c2ccc(Cl)c(Cl)c2)CC1.